The molecule has 12 rings (SSSR count). The molecule has 0 heterocycles. The topological polar surface area (TPSA) is 168 Å². The number of ether oxygens (including phenoxy) is 2. The number of hydrogen-bond acceptors (Lipinski definition) is 10. The maximum Gasteiger partial charge on any atom is 0.411 e. The quantitative estimate of drug-likeness (QED) is 0.0608. The first-order valence-electron chi connectivity index (χ1n) is 37.7. The molecule has 116 heavy (non-hydrogen) atoms. The van der Waals surface area contributed by atoms with Crippen molar-refractivity contribution < 1.29 is 74.2 Å². The van der Waals surface area contributed by atoms with Crippen LogP contribution < -0.4 is 9.47 Å². The lowest BCUT2D eigenvalue weighted by atomic mass is 9.72. The molecule has 0 atom stereocenters. The highest BCUT2D eigenvalue weighted by Crippen LogP contribution is 2.57. The molecule has 0 radical (unpaired) electrons. The summed E-state index contributed by atoms with van der Waals surface area (Å²) in [6.45, 7) is 39.8. The van der Waals surface area contributed by atoms with Crippen LogP contribution >= 0.6 is 0 Å². The number of alkyl halides is 6. The Morgan fingerprint density at radius 3 is 1.12 bits per heavy atom. The number of hydrogen-bond donors (Lipinski definition) is 4. The van der Waals surface area contributed by atoms with E-state index in [1.54, 1.807) is 38.1 Å². The van der Waals surface area contributed by atoms with Crippen LogP contribution in [0.25, 0.3) is 22.3 Å². The van der Waals surface area contributed by atoms with Gasteiger partial charge in [-0.3, -0.25) is 9.59 Å². The van der Waals surface area contributed by atoms with Crippen molar-refractivity contribution in [3.63, 3.8) is 0 Å². The lowest BCUT2D eigenvalue weighted by molar-refractivity contribution is -0.288. The van der Waals surface area contributed by atoms with Crippen LogP contribution in [0.2, 0.25) is 0 Å². The highest BCUT2D eigenvalue weighted by molar-refractivity contribution is 7.91. The highest BCUT2D eigenvalue weighted by Gasteiger charge is 2.72. The molecule has 0 amide bonds. The minimum absolute atomic E-state index is 0.0586. The van der Waals surface area contributed by atoms with Gasteiger partial charge < -0.3 is 29.9 Å². The van der Waals surface area contributed by atoms with E-state index >= 15 is 0 Å². The molecule has 0 aliphatic heterocycles. The van der Waals surface area contributed by atoms with E-state index in [1.165, 1.54) is 99.3 Å². The number of benzene rings is 12. The van der Waals surface area contributed by atoms with Gasteiger partial charge in [0.25, 0.3) is 12.9 Å². The number of phenolic OH excluding ortho intramolecular Hbond substituents is 4. The van der Waals surface area contributed by atoms with E-state index in [2.05, 4.69) is 154 Å². The maximum absolute atomic E-state index is 13.9. The second-order valence-corrected chi connectivity index (χ2v) is 32.4. The summed E-state index contributed by atoms with van der Waals surface area (Å²) in [5.74, 6) is 1.68. The van der Waals surface area contributed by atoms with Crippen molar-refractivity contribution in [1.29, 1.82) is 0 Å². The van der Waals surface area contributed by atoms with Crippen LogP contribution in [-0.4, -0.2) is 54.1 Å². The van der Waals surface area contributed by atoms with Gasteiger partial charge in [0.15, 0.2) is 0 Å². The summed E-state index contributed by atoms with van der Waals surface area (Å²) in [5.41, 5.74) is 20.5. The maximum atomic E-state index is 13.9. The Morgan fingerprint density at radius 1 is 0.302 bits per heavy atom. The van der Waals surface area contributed by atoms with Crippen molar-refractivity contribution in [1.82, 2.24) is 0 Å². The van der Waals surface area contributed by atoms with Crippen molar-refractivity contribution in [2.75, 3.05) is 0 Å². The third-order valence-electron chi connectivity index (χ3n) is 21.3. The molecular formula is C99H104F6O10S. The third-order valence-corrected chi connectivity index (χ3v) is 23.0. The van der Waals surface area contributed by atoms with E-state index in [0.29, 0.717) is 58.7 Å². The zero-order valence-corrected chi connectivity index (χ0v) is 70.4. The normalized spacial score (nSPS) is 11.3. The third kappa shape index (κ3) is 22.4. The number of aryl methyl sites for hydroxylation is 18. The molecule has 0 bridgehead atoms. The molecule has 0 aromatic heterocycles. The average molecular weight is 1600 g/mol. The zero-order chi connectivity index (χ0) is 86.3. The fourth-order valence-corrected chi connectivity index (χ4v) is 14.3. The first kappa shape index (κ1) is 91.5. The Labute approximate surface area is 679 Å². The number of carbonyl (C=O) groups excluding carboxylic acids is 2. The van der Waals surface area contributed by atoms with Crippen LogP contribution in [-0.2, 0) is 36.7 Å². The highest BCUT2D eigenvalue weighted by atomic mass is 32.2. The monoisotopic (exact) mass is 1600 g/mol. The van der Waals surface area contributed by atoms with Gasteiger partial charge in [-0.05, 0) is 336 Å². The second kappa shape index (κ2) is 38.6. The van der Waals surface area contributed by atoms with Gasteiger partial charge in [0.05, 0.1) is 9.79 Å². The van der Waals surface area contributed by atoms with Gasteiger partial charge in [-0.25, -0.2) is 8.42 Å². The Balaban J connectivity index is 0.000000193. The van der Waals surface area contributed by atoms with Crippen molar-refractivity contribution in [3.05, 3.63) is 352 Å². The van der Waals surface area contributed by atoms with Gasteiger partial charge in [-0.1, -0.05) is 177 Å². The molecule has 0 saturated heterocycles. The fourth-order valence-electron chi connectivity index (χ4n) is 12.9. The summed E-state index contributed by atoms with van der Waals surface area (Å²) in [7, 11) is -3.53. The summed E-state index contributed by atoms with van der Waals surface area (Å²) < 4.78 is 119. The van der Waals surface area contributed by atoms with Crippen LogP contribution in [0.5, 0.6) is 34.5 Å². The minimum atomic E-state index is -5.63. The van der Waals surface area contributed by atoms with E-state index in [9.17, 15) is 64.8 Å². The Bertz CT molecular complexity index is 5410. The molecule has 17 heteroatoms. The summed E-state index contributed by atoms with van der Waals surface area (Å²) in [6, 6.07) is 63.9. The lowest BCUT2D eigenvalue weighted by Gasteiger charge is -2.38. The average Bonchev–Trinajstić information content (AvgIpc) is 0.712. The molecule has 10 nitrogen and oxygen atoms in total. The molecule has 0 aliphatic carbocycles. The van der Waals surface area contributed by atoms with Gasteiger partial charge in [-0.2, -0.15) is 26.3 Å². The number of carbonyl (C=O) groups is 2. The molecule has 0 aliphatic rings. The standard InChI is InChI=1S/C18H16F6O.C18H22O.C17H18O2.C16H16O2.C15H16O3S.C15H16O/c1-10-4-5-13(8-11(10)2)16(17(19,20)21,18(22,23)24)14-6-7-15(25)12(3)9-14;1-12-6-7-15(10-13(12)2)18(4,5)16-8-9-17(19)14(3)11-16;1-12-4-6-15(8-14(12)3)9-16-7-5-13(2)17(10-16)19-11-18;1-11-4-6-14(13(3)8-11)15-7-5-12(2)9-16(15)18-10-17;1-10-4-5-13(8-11(10)2)19(17,18)14-6-7-15(16)12(3)9-14;1-10-4-6-13(8-12(10)3)14-7-5-11(2)15(16)9-14/h4-9,25H,1-3H3;6-11,19H,1-5H3;4-8,10-11H,9H2,1-3H3;4-10H,1-3H3;4-9,16H,1-3H3;4-9,16H,1-3H3. The van der Waals surface area contributed by atoms with Gasteiger partial charge in [-0.15, -0.1) is 0 Å². The van der Waals surface area contributed by atoms with Gasteiger partial charge >= 0.3 is 12.4 Å². The molecule has 0 spiro atoms. The molecular weight excluding hydrogens is 1500 g/mol. The Hall–Kier alpha value is -11.7. The minimum Gasteiger partial charge on any atom is -0.508 e. The molecule has 0 fully saturated rings. The van der Waals surface area contributed by atoms with E-state index in [1.807, 2.05) is 96.1 Å². The van der Waals surface area contributed by atoms with E-state index < -0.39 is 38.7 Å². The Morgan fingerprint density at radius 2 is 0.655 bits per heavy atom. The smallest absolute Gasteiger partial charge is 0.411 e. The number of aromatic hydroxyl groups is 4. The summed E-state index contributed by atoms with van der Waals surface area (Å²) in [6.07, 6.45) is -10.4. The number of rotatable bonds is 14. The molecule has 12 aromatic rings. The number of phenols is 4. The first-order chi connectivity index (χ1) is 54.2. The van der Waals surface area contributed by atoms with Crippen LogP contribution in [0.1, 0.15) is 147 Å². The fraction of sp³-hybridized carbons (Fsp3) is 0.253. The van der Waals surface area contributed by atoms with Crippen molar-refractivity contribution in [2.45, 2.75) is 178 Å². The van der Waals surface area contributed by atoms with Crippen LogP contribution in [0.15, 0.2) is 228 Å². The lowest BCUT2D eigenvalue weighted by Crippen LogP contribution is -2.54. The SMILES string of the molecule is Cc1ccc(-c2ccc(C)c(O)c2)cc1C.Cc1ccc(-c2ccc(C)cc2OC=O)c(C)c1.Cc1ccc(C(C)(C)c2ccc(O)c(C)c2)cc1C.Cc1ccc(C(c2ccc(O)c(C)c2)(C(F)(F)F)C(F)(F)F)cc1C.Cc1ccc(Cc2ccc(C)c(OC=O)c2)cc1C.Cc1ccc(S(=O)(=O)c2ccc(O)c(C)c2)cc1C. The Kier molecular flexibility index (Phi) is 30.5. The molecule has 0 unspecified atom stereocenters. The molecule has 0 saturated carbocycles. The van der Waals surface area contributed by atoms with Crippen LogP contribution in [0, 0.1) is 125 Å². The second-order valence-electron chi connectivity index (χ2n) is 30.4. The predicted molar refractivity (Wildman–Crippen MR) is 454 cm³/mol. The molecule has 12 aromatic carbocycles. The van der Waals surface area contributed by atoms with E-state index in [0.717, 1.165) is 91.9 Å². The largest absolute Gasteiger partial charge is 0.508 e. The summed E-state index contributed by atoms with van der Waals surface area (Å²) in [5, 5.41) is 38.3. The predicted octanol–water partition coefficient (Wildman–Crippen LogP) is 25.1. The summed E-state index contributed by atoms with van der Waals surface area (Å²) >= 11 is 0. The van der Waals surface area contributed by atoms with Gasteiger partial charge in [0.1, 0.15) is 34.5 Å². The number of sulfone groups is 1. The zero-order valence-electron chi connectivity index (χ0n) is 69.6. The van der Waals surface area contributed by atoms with Gasteiger partial charge in [0.2, 0.25) is 15.3 Å². The van der Waals surface area contributed by atoms with Crippen molar-refractivity contribution in [2.24, 2.45) is 0 Å². The first-order valence-corrected chi connectivity index (χ1v) is 39.2. The van der Waals surface area contributed by atoms with Crippen molar-refractivity contribution in [3.8, 4) is 56.8 Å². The van der Waals surface area contributed by atoms with Gasteiger partial charge in [0, 0.05) is 11.0 Å². The van der Waals surface area contributed by atoms with Crippen LogP contribution in [0.3, 0.4) is 0 Å². The van der Waals surface area contributed by atoms with Crippen molar-refractivity contribution >= 4 is 22.8 Å². The molecule has 4 N–H and O–H groups in total. The van der Waals surface area contributed by atoms with E-state index in [4.69, 9.17) is 9.47 Å². The van der Waals surface area contributed by atoms with E-state index in [-0.39, 0.29) is 32.3 Å². The van der Waals surface area contributed by atoms with Crippen LogP contribution in [0.4, 0.5) is 26.3 Å². The molecule has 608 valence electrons. The number of halogens is 6. The summed E-state index contributed by atoms with van der Waals surface area (Å²) in [4.78, 5) is 21.5.